The summed E-state index contributed by atoms with van der Waals surface area (Å²) in [6.07, 6.45) is 4.53. The van der Waals surface area contributed by atoms with Gasteiger partial charge in [-0.3, -0.25) is 0 Å². The minimum Gasteiger partial charge on any atom is -0.508 e. The molecule has 2 atom stereocenters. The lowest BCUT2D eigenvalue weighted by Gasteiger charge is -2.29. The fourth-order valence-electron chi connectivity index (χ4n) is 3.03. The minimum absolute atomic E-state index is 0.312. The van der Waals surface area contributed by atoms with E-state index in [0.717, 1.165) is 32.3 Å². The van der Waals surface area contributed by atoms with Gasteiger partial charge in [0.05, 0.1) is 12.7 Å². The molecule has 1 aliphatic heterocycles. The lowest BCUT2D eigenvalue weighted by Crippen LogP contribution is -2.25. The molecule has 1 aliphatic rings. The summed E-state index contributed by atoms with van der Waals surface area (Å²) in [4.78, 5) is 0. The summed E-state index contributed by atoms with van der Waals surface area (Å²) >= 11 is 0. The van der Waals surface area contributed by atoms with Gasteiger partial charge >= 0.3 is 0 Å². The molecule has 3 rings (SSSR count). The fraction of sp³-hybridized carbons (Fsp3) is 0.368. The van der Waals surface area contributed by atoms with Gasteiger partial charge in [0.15, 0.2) is 0 Å². The van der Waals surface area contributed by atoms with Crippen molar-refractivity contribution in [3.8, 4) is 11.5 Å². The van der Waals surface area contributed by atoms with Crippen molar-refractivity contribution in [3.05, 3.63) is 59.7 Å². The molecule has 3 nitrogen and oxygen atoms in total. The highest BCUT2D eigenvalue weighted by Crippen LogP contribution is 2.30. The molecular weight excluding hydrogens is 276 g/mol. The van der Waals surface area contributed by atoms with E-state index in [4.69, 9.17) is 4.74 Å². The zero-order valence-corrected chi connectivity index (χ0v) is 12.6. The van der Waals surface area contributed by atoms with Crippen LogP contribution in [0.15, 0.2) is 48.5 Å². The van der Waals surface area contributed by atoms with Crippen molar-refractivity contribution in [2.45, 2.75) is 37.7 Å². The van der Waals surface area contributed by atoms with Crippen LogP contribution >= 0.6 is 0 Å². The van der Waals surface area contributed by atoms with Crippen LogP contribution in [-0.2, 0) is 11.2 Å². The fourth-order valence-corrected chi connectivity index (χ4v) is 3.03. The van der Waals surface area contributed by atoms with E-state index in [9.17, 15) is 10.2 Å². The van der Waals surface area contributed by atoms with Crippen molar-refractivity contribution >= 4 is 0 Å². The first-order chi connectivity index (χ1) is 10.7. The lowest BCUT2D eigenvalue weighted by molar-refractivity contribution is -0.000564. The molecule has 2 aromatic rings. The monoisotopic (exact) mass is 298 g/mol. The molecule has 0 bridgehead atoms. The molecule has 2 aromatic carbocycles. The molecule has 0 aromatic heterocycles. The predicted octanol–water partition coefficient (Wildman–Crippen LogP) is 3.99. The quantitative estimate of drug-likeness (QED) is 0.897. The highest BCUT2D eigenvalue weighted by atomic mass is 16.5. The first-order valence-electron chi connectivity index (χ1n) is 7.89. The van der Waals surface area contributed by atoms with Crippen LogP contribution in [-0.4, -0.2) is 22.9 Å². The summed E-state index contributed by atoms with van der Waals surface area (Å²) < 4.78 is 6.01. The topological polar surface area (TPSA) is 49.7 Å². The molecular formula is C19H22O3. The second-order valence-corrected chi connectivity index (χ2v) is 6.03. The Morgan fingerprint density at radius 2 is 1.50 bits per heavy atom. The lowest BCUT2D eigenvalue weighted by atomic mass is 9.90. The van der Waals surface area contributed by atoms with Crippen molar-refractivity contribution in [2.24, 2.45) is 0 Å². The van der Waals surface area contributed by atoms with E-state index in [1.165, 1.54) is 11.1 Å². The summed E-state index contributed by atoms with van der Waals surface area (Å²) in [5.41, 5.74) is 2.48. The molecule has 0 aliphatic carbocycles. The van der Waals surface area contributed by atoms with E-state index in [0.29, 0.717) is 23.5 Å². The molecule has 1 heterocycles. The normalized spacial score (nSPS) is 21.6. The minimum atomic E-state index is 0.312. The van der Waals surface area contributed by atoms with E-state index >= 15 is 0 Å². The Labute approximate surface area is 131 Å². The second kappa shape index (κ2) is 6.84. The van der Waals surface area contributed by atoms with Crippen molar-refractivity contribution in [2.75, 3.05) is 6.61 Å². The van der Waals surface area contributed by atoms with Gasteiger partial charge in [0.1, 0.15) is 11.5 Å². The number of hydrogen-bond acceptors (Lipinski definition) is 3. The van der Waals surface area contributed by atoms with E-state index in [1.807, 2.05) is 24.3 Å². The first-order valence-corrected chi connectivity index (χ1v) is 7.89. The third-order valence-corrected chi connectivity index (χ3v) is 4.43. The van der Waals surface area contributed by atoms with Gasteiger partial charge in [0.25, 0.3) is 0 Å². The Bertz CT molecular complexity index is 581. The van der Waals surface area contributed by atoms with Gasteiger partial charge in [-0.15, -0.1) is 0 Å². The van der Waals surface area contributed by atoms with Gasteiger partial charge in [-0.25, -0.2) is 0 Å². The van der Waals surface area contributed by atoms with E-state index < -0.39 is 0 Å². The number of phenols is 2. The van der Waals surface area contributed by atoms with Gasteiger partial charge in [-0.05, 0) is 61.1 Å². The maximum absolute atomic E-state index is 9.35. The zero-order valence-electron chi connectivity index (χ0n) is 12.6. The Morgan fingerprint density at radius 3 is 2.09 bits per heavy atom. The van der Waals surface area contributed by atoms with Crippen LogP contribution in [0.3, 0.4) is 0 Å². The molecule has 1 fully saturated rings. The van der Waals surface area contributed by atoms with Crippen molar-refractivity contribution in [3.63, 3.8) is 0 Å². The Morgan fingerprint density at radius 1 is 0.864 bits per heavy atom. The average molecular weight is 298 g/mol. The average Bonchev–Trinajstić information content (AvgIpc) is 2.56. The molecule has 0 unspecified atom stereocenters. The van der Waals surface area contributed by atoms with Crippen LogP contribution in [0.25, 0.3) is 0 Å². The molecule has 22 heavy (non-hydrogen) atoms. The molecule has 2 N–H and O–H groups in total. The Balaban J connectivity index is 1.47. The van der Waals surface area contributed by atoms with Crippen LogP contribution in [0, 0.1) is 0 Å². The van der Waals surface area contributed by atoms with Crippen molar-refractivity contribution in [1.29, 1.82) is 0 Å². The predicted molar refractivity (Wildman–Crippen MR) is 86.2 cm³/mol. The smallest absolute Gasteiger partial charge is 0.115 e. The first kappa shape index (κ1) is 14.9. The highest BCUT2D eigenvalue weighted by Gasteiger charge is 2.22. The number of aromatic hydroxyl groups is 2. The largest absolute Gasteiger partial charge is 0.508 e. The number of rotatable bonds is 4. The van der Waals surface area contributed by atoms with Crippen LogP contribution in [0.1, 0.15) is 36.3 Å². The third kappa shape index (κ3) is 3.80. The van der Waals surface area contributed by atoms with Crippen LogP contribution < -0.4 is 0 Å². The van der Waals surface area contributed by atoms with E-state index in [-0.39, 0.29) is 0 Å². The molecule has 0 radical (unpaired) electrons. The number of ether oxygens (including phenoxy) is 1. The second-order valence-electron chi connectivity index (χ2n) is 6.03. The van der Waals surface area contributed by atoms with Gasteiger partial charge in [0.2, 0.25) is 0 Å². The molecule has 1 saturated heterocycles. The third-order valence-electron chi connectivity index (χ3n) is 4.43. The van der Waals surface area contributed by atoms with Gasteiger partial charge < -0.3 is 14.9 Å². The zero-order chi connectivity index (χ0) is 15.4. The SMILES string of the molecule is Oc1ccc(CC[C@H]2CC[C@@H](c3ccc(O)cc3)CO2)cc1. The molecule has 0 amide bonds. The van der Waals surface area contributed by atoms with Gasteiger partial charge in [-0.2, -0.15) is 0 Å². The van der Waals surface area contributed by atoms with Crippen LogP contribution in [0.4, 0.5) is 0 Å². The van der Waals surface area contributed by atoms with Crippen molar-refractivity contribution in [1.82, 2.24) is 0 Å². The van der Waals surface area contributed by atoms with Crippen molar-refractivity contribution < 1.29 is 14.9 Å². The molecule has 3 heteroatoms. The summed E-state index contributed by atoms with van der Waals surface area (Å²) in [5, 5.41) is 18.6. The summed E-state index contributed by atoms with van der Waals surface area (Å²) in [6.45, 7) is 0.755. The Hall–Kier alpha value is -2.00. The summed E-state index contributed by atoms with van der Waals surface area (Å²) in [5.74, 6) is 1.06. The number of benzene rings is 2. The van der Waals surface area contributed by atoms with E-state index in [1.54, 1.807) is 24.3 Å². The molecule has 0 saturated carbocycles. The Kier molecular flexibility index (Phi) is 4.64. The number of hydrogen-bond donors (Lipinski definition) is 2. The summed E-state index contributed by atoms with van der Waals surface area (Å²) in [7, 11) is 0. The van der Waals surface area contributed by atoms with Gasteiger partial charge in [0, 0.05) is 5.92 Å². The van der Waals surface area contributed by atoms with Gasteiger partial charge in [-0.1, -0.05) is 24.3 Å². The maximum Gasteiger partial charge on any atom is 0.115 e. The molecule has 0 spiro atoms. The number of aryl methyl sites for hydroxylation is 1. The summed E-state index contributed by atoms with van der Waals surface area (Å²) in [6, 6.07) is 14.9. The number of phenolic OH excluding ortho intramolecular Hbond substituents is 2. The highest BCUT2D eigenvalue weighted by molar-refractivity contribution is 5.29. The van der Waals surface area contributed by atoms with E-state index in [2.05, 4.69) is 0 Å². The maximum atomic E-state index is 9.35. The standard InChI is InChI=1S/C19H22O3/c20-17-7-1-14(2-8-17)3-11-19-12-6-16(13-22-19)15-4-9-18(21)10-5-15/h1-2,4-5,7-10,16,19-21H,3,6,11-13H2/t16-,19+/m1/s1. The van der Waals surface area contributed by atoms with Crippen LogP contribution in [0.5, 0.6) is 11.5 Å². The van der Waals surface area contributed by atoms with Crippen LogP contribution in [0.2, 0.25) is 0 Å². The molecule has 116 valence electrons.